The van der Waals surface area contributed by atoms with Gasteiger partial charge in [-0.05, 0) is 48.5 Å². The van der Waals surface area contributed by atoms with Crippen LogP contribution in [0.3, 0.4) is 0 Å². The van der Waals surface area contributed by atoms with Crippen LogP contribution in [0.5, 0.6) is 0 Å². The summed E-state index contributed by atoms with van der Waals surface area (Å²) < 4.78 is 10.8. The first-order chi connectivity index (χ1) is 12.6. The molecular formula is C17H8Cl2N4O3. The van der Waals surface area contributed by atoms with E-state index in [2.05, 4.69) is 20.4 Å². The Bertz CT molecular complexity index is 986. The highest BCUT2D eigenvalue weighted by Gasteiger charge is 2.24. The Labute approximate surface area is 156 Å². The van der Waals surface area contributed by atoms with Gasteiger partial charge in [-0.15, -0.1) is 20.4 Å². The predicted molar refractivity (Wildman–Crippen MR) is 92.9 cm³/mol. The number of nitrogens with zero attached hydrogens (tertiary/aromatic N) is 4. The van der Waals surface area contributed by atoms with Gasteiger partial charge >= 0.3 is 5.78 Å². The fourth-order valence-corrected chi connectivity index (χ4v) is 2.39. The molecule has 2 aromatic carbocycles. The zero-order chi connectivity index (χ0) is 18.1. The molecule has 0 aliphatic rings. The van der Waals surface area contributed by atoms with E-state index in [1.54, 1.807) is 48.5 Å². The maximum absolute atomic E-state index is 12.4. The van der Waals surface area contributed by atoms with E-state index in [1.165, 1.54) is 0 Å². The van der Waals surface area contributed by atoms with Crippen molar-refractivity contribution in [3.8, 4) is 22.9 Å². The topological polar surface area (TPSA) is 94.9 Å². The number of benzene rings is 2. The van der Waals surface area contributed by atoms with Gasteiger partial charge in [0.2, 0.25) is 11.8 Å². The van der Waals surface area contributed by atoms with Gasteiger partial charge in [0.15, 0.2) is 0 Å². The lowest BCUT2D eigenvalue weighted by molar-refractivity contribution is 0.0971. The van der Waals surface area contributed by atoms with Crippen LogP contribution in [0.4, 0.5) is 0 Å². The molecule has 0 unspecified atom stereocenters. The summed E-state index contributed by atoms with van der Waals surface area (Å²) in [5.74, 6) is -0.794. The highest BCUT2D eigenvalue weighted by atomic mass is 35.5. The molecule has 0 radical (unpaired) electrons. The second kappa shape index (κ2) is 6.70. The molecule has 4 rings (SSSR count). The molecule has 9 heteroatoms. The number of halogens is 2. The molecule has 0 amide bonds. The van der Waals surface area contributed by atoms with Crippen molar-refractivity contribution in [3.05, 3.63) is 70.4 Å². The predicted octanol–water partition coefficient (Wildman–Crippen LogP) is 4.32. The monoisotopic (exact) mass is 386 g/mol. The maximum Gasteiger partial charge on any atom is 0.306 e. The number of hydrogen-bond donors (Lipinski definition) is 0. The van der Waals surface area contributed by atoms with Crippen LogP contribution in [0.25, 0.3) is 22.9 Å². The van der Waals surface area contributed by atoms with E-state index < -0.39 is 5.78 Å². The molecule has 0 fully saturated rings. The summed E-state index contributed by atoms with van der Waals surface area (Å²) in [6.45, 7) is 0. The van der Waals surface area contributed by atoms with Crippen LogP contribution >= 0.6 is 23.2 Å². The van der Waals surface area contributed by atoms with Gasteiger partial charge in [-0.25, -0.2) is 0 Å². The molecule has 0 atom stereocenters. The third kappa shape index (κ3) is 3.22. The van der Waals surface area contributed by atoms with Gasteiger partial charge < -0.3 is 8.83 Å². The molecule has 0 aliphatic carbocycles. The van der Waals surface area contributed by atoms with Crippen molar-refractivity contribution >= 4 is 29.0 Å². The van der Waals surface area contributed by atoms with Gasteiger partial charge in [-0.1, -0.05) is 23.2 Å². The summed E-state index contributed by atoms with van der Waals surface area (Å²) in [5, 5.41) is 16.3. The summed E-state index contributed by atoms with van der Waals surface area (Å²) >= 11 is 11.7. The normalized spacial score (nSPS) is 10.8. The maximum atomic E-state index is 12.4. The molecular weight excluding hydrogens is 379 g/mol. The molecule has 0 bridgehead atoms. The summed E-state index contributed by atoms with van der Waals surface area (Å²) in [6, 6.07) is 13.5. The molecule has 26 heavy (non-hydrogen) atoms. The van der Waals surface area contributed by atoms with Crippen molar-refractivity contribution in [1.29, 1.82) is 0 Å². The minimum atomic E-state index is -0.662. The van der Waals surface area contributed by atoms with Gasteiger partial charge in [0.25, 0.3) is 11.8 Å². The number of ketones is 1. The minimum Gasteiger partial charge on any atom is -0.413 e. The highest BCUT2D eigenvalue weighted by molar-refractivity contribution is 6.30. The average molecular weight is 387 g/mol. The lowest BCUT2D eigenvalue weighted by Gasteiger charge is -1.94. The molecule has 2 heterocycles. The van der Waals surface area contributed by atoms with Crippen LogP contribution in [0.2, 0.25) is 10.0 Å². The first-order valence-corrected chi connectivity index (χ1v) is 8.09. The summed E-state index contributed by atoms with van der Waals surface area (Å²) in [7, 11) is 0. The van der Waals surface area contributed by atoms with E-state index >= 15 is 0 Å². The molecule has 0 spiro atoms. The van der Waals surface area contributed by atoms with E-state index in [-0.39, 0.29) is 23.6 Å². The van der Waals surface area contributed by atoms with Crippen LogP contribution in [0.1, 0.15) is 16.6 Å². The summed E-state index contributed by atoms with van der Waals surface area (Å²) in [5.41, 5.74) is 1.27. The molecule has 128 valence electrons. The Morgan fingerprint density at radius 3 is 1.42 bits per heavy atom. The smallest absolute Gasteiger partial charge is 0.306 e. The number of carbonyl (C=O) groups is 1. The first-order valence-electron chi connectivity index (χ1n) is 7.34. The Hall–Kier alpha value is -3.03. The van der Waals surface area contributed by atoms with Crippen LogP contribution < -0.4 is 0 Å². The minimum absolute atomic E-state index is 0.183. The zero-order valence-electron chi connectivity index (χ0n) is 12.9. The molecule has 2 aromatic heterocycles. The van der Waals surface area contributed by atoms with Crippen molar-refractivity contribution in [3.63, 3.8) is 0 Å². The third-order valence-corrected chi connectivity index (χ3v) is 3.92. The lowest BCUT2D eigenvalue weighted by Crippen LogP contribution is -2.02. The number of hydrogen-bond acceptors (Lipinski definition) is 7. The van der Waals surface area contributed by atoms with Crippen molar-refractivity contribution in [2.45, 2.75) is 0 Å². The van der Waals surface area contributed by atoms with E-state index in [0.29, 0.717) is 21.2 Å². The number of carbonyl (C=O) groups excluding carboxylic acids is 1. The highest BCUT2D eigenvalue weighted by Crippen LogP contribution is 2.23. The van der Waals surface area contributed by atoms with Crippen molar-refractivity contribution in [2.24, 2.45) is 0 Å². The van der Waals surface area contributed by atoms with Crippen molar-refractivity contribution in [1.82, 2.24) is 20.4 Å². The molecule has 0 saturated heterocycles. The van der Waals surface area contributed by atoms with Crippen molar-refractivity contribution < 1.29 is 13.6 Å². The van der Waals surface area contributed by atoms with Gasteiger partial charge in [-0.3, -0.25) is 4.79 Å². The molecule has 4 aromatic rings. The summed E-state index contributed by atoms with van der Waals surface area (Å²) in [4.78, 5) is 12.4. The fraction of sp³-hybridized carbons (Fsp3) is 0. The first kappa shape index (κ1) is 16.4. The second-order valence-electron chi connectivity index (χ2n) is 5.17. The number of aromatic nitrogens is 4. The largest absolute Gasteiger partial charge is 0.413 e. The molecule has 0 aliphatic heterocycles. The summed E-state index contributed by atoms with van der Waals surface area (Å²) in [6.07, 6.45) is 0. The van der Waals surface area contributed by atoms with E-state index in [1.807, 2.05) is 0 Å². The third-order valence-electron chi connectivity index (χ3n) is 3.42. The standard InChI is InChI=1S/C17H8Cl2N4O3/c18-11-5-1-9(2-6-11)14-20-22-16(25-14)13(24)17-23-21-15(26-17)10-3-7-12(19)8-4-10/h1-8H. The molecule has 0 saturated carbocycles. The van der Waals surface area contributed by atoms with Gasteiger partial charge in [-0.2, -0.15) is 0 Å². The van der Waals surface area contributed by atoms with Crippen LogP contribution in [0, 0.1) is 0 Å². The van der Waals surface area contributed by atoms with Gasteiger partial charge in [0.1, 0.15) is 0 Å². The van der Waals surface area contributed by atoms with E-state index in [4.69, 9.17) is 32.0 Å². The van der Waals surface area contributed by atoms with E-state index in [9.17, 15) is 4.79 Å². The zero-order valence-corrected chi connectivity index (χ0v) is 14.4. The van der Waals surface area contributed by atoms with Crippen LogP contribution in [-0.2, 0) is 0 Å². The Balaban J connectivity index is 1.58. The Morgan fingerprint density at radius 2 is 1.04 bits per heavy atom. The number of rotatable bonds is 4. The van der Waals surface area contributed by atoms with Crippen LogP contribution in [-0.4, -0.2) is 26.2 Å². The molecule has 0 N–H and O–H groups in total. The Kier molecular flexibility index (Phi) is 4.24. The SMILES string of the molecule is O=C(c1nnc(-c2ccc(Cl)cc2)o1)c1nnc(-c2ccc(Cl)cc2)o1. The quantitative estimate of drug-likeness (QED) is 0.481. The van der Waals surface area contributed by atoms with Crippen molar-refractivity contribution in [2.75, 3.05) is 0 Å². The average Bonchev–Trinajstić information content (AvgIpc) is 3.32. The lowest BCUT2D eigenvalue weighted by atomic mass is 10.2. The molecule has 7 nitrogen and oxygen atoms in total. The van der Waals surface area contributed by atoms with Gasteiger partial charge in [0, 0.05) is 21.2 Å². The van der Waals surface area contributed by atoms with Gasteiger partial charge in [0.05, 0.1) is 0 Å². The Morgan fingerprint density at radius 1 is 0.654 bits per heavy atom. The van der Waals surface area contributed by atoms with Crippen LogP contribution in [0.15, 0.2) is 57.4 Å². The fourth-order valence-electron chi connectivity index (χ4n) is 2.14. The second-order valence-corrected chi connectivity index (χ2v) is 6.04. The van der Waals surface area contributed by atoms with E-state index in [0.717, 1.165) is 0 Å².